The van der Waals surface area contributed by atoms with Gasteiger partial charge in [-0.15, -0.1) is 0 Å². The lowest BCUT2D eigenvalue weighted by Gasteiger charge is -2.60. The fourth-order valence-electron chi connectivity index (χ4n) is 8.64. The van der Waals surface area contributed by atoms with Crippen molar-refractivity contribution in [3.05, 3.63) is 82.8 Å². The quantitative estimate of drug-likeness (QED) is 0.215. The lowest BCUT2D eigenvalue weighted by molar-refractivity contribution is -0.577. The SMILES string of the molecule is CC(C)C[C@H](NC(=O)c1ccc(CO[C@H]2O[C@@H]3O[C@@]4(C)CC[C@H]5[C@H](C)CC[C@@H]([C@H]2C)[C@@]35OO4)cc1)C(=O)N[C@H](/C=C/S(C)(=O)=O)CCc1ccccc1. The van der Waals surface area contributed by atoms with Crippen LogP contribution in [-0.4, -0.2) is 62.5 Å². The minimum absolute atomic E-state index is 0.0461. The van der Waals surface area contributed by atoms with E-state index in [9.17, 15) is 18.0 Å². The van der Waals surface area contributed by atoms with Gasteiger partial charge in [-0.25, -0.2) is 18.2 Å². The summed E-state index contributed by atoms with van der Waals surface area (Å²) in [5.74, 6) is -0.523. The molecule has 290 valence electrons. The minimum atomic E-state index is -3.40. The Bertz CT molecular complexity index is 1720. The van der Waals surface area contributed by atoms with Gasteiger partial charge in [-0.05, 0) is 86.5 Å². The zero-order valence-corrected chi connectivity index (χ0v) is 32.6. The number of rotatable bonds is 14. The Morgan fingerprint density at radius 3 is 2.40 bits per heavy atom. The van der Waals surface area contributed by atoms with Crippen LogP contribution in [0.4, 0.5) is 0 Å². The zero-order valence-electron chi connectivity index (χ0n) is 31.8. The molecule has 5 aliphatic rings. The Morgan fingerprint density at radius 2 is 1.70 bits per heavy atom. The zero-order chi connectivity index (χ0) is 38.0. The van der Waals surface area contributed by atoms with Crippen LogP contribution >= 0.6 is 0 Å². The number of nitrogens with one attached hydrogen (secondary N) is 2. The molecule has 4 heterocycles. The summed E-state index contributed by atoms with van der Waals surface area (Å²) < 4.78 is 43.2. The summed E-state index contributed by atoms with van der Waals surface area (Å²) in [6.45, 7) is 10.6. The molecule has 2 aromatic rings. The van der Waals surface area contributed by atoms with Crippen molar-refractivity contribution >= 4 is 21.7 Å². The summed E-state index contributed by atoms with van der Waals surface area (Å²) in [5.41, 5.74) is 1.71. The average molecular weight is 753 g/mol. The first-order chi connectivity index (χ1) is 25.2. The molecule has 1 saturated carbocycles. The van der Waals surface area contributed by atoms with Crippen LogP contribution < -0.4 is 10.6 Å². The Balaban J connectivity index is 1.07. The van der Waals surface area contributed by atoms with Crippen molar-refractivity contribution in [1.82, 2.24) is 10.6 Å². The smallest absolute Gasteiger partial charge is 0.251 e. The Kier molecular flexibility index (Phi) is 12.2. The van der Waals surface area contributed by atoms with Gasteiger partial charge in [0.15, 0.2) is 28.0 Å². The lowest BCUT2D eigenvalue weighted by Crippen LogP contribution is -2.70. The van der Waals surface area contributed by atoms with Crippen LogP contribution in [0.3, 0.4) is 0 Å². The number of ether oxygens (including phenoxy) is 3. The van der Waals surface area contributed by atoms with Gasteiger partial charge < -0.3 is 24.8 Å². The van der Waals surface area contributed by atoms with Gasteiger partial charge in [0, 0.05) is 41.5 Å². The van der Waals surface area contributed by atoms with Gasteiger partial charge >= 0.3 is 0 Å². The van der Waals surface area contributed by atoms with Crippen molar-refractivity contribution in [2.75, 3.05) is 6.26 Å². The van der Waals surface area contributed by atoms with Crippen LogP contribution in [0.25, 0.3) is 0 Å². The van der Waals surface area contributed by atoms with Crippen LogP contribution in [-0.2, 0) is 51.6 Å². The molecule has 53 heavy (non-hydrogen) atoms. The van der Waals surface area contributed by atoms with E-state index in [4.69, 9.17) is 24.0 Å². The predicted octanol–water partition coefficient (Wildman–Crippen LogP) is 6.23. The molecular formula is C41H56N2O9S. The summed E-state index contributed by atoms with van der Waals surface area (Å²) in [7, 11) is -3.40. The second kappa shape index (κ2) is 16.3. The highest BCUT2D eigenvalue weighted by molar-refractivity contribution is 7.93. The van der Waals surface area contributed by atoms with Crippen LogP contribution in [0.2, 0.25) is 0 Å². The highest BCUT2D eigenvalue weighted by atomic mass is 32.2. The minimum Gasteiger partial charge on any atom is -0.348 e. The van der Waals surface area contributed by atoms with E-state index < -0.39 is 45.9 Å². The van der Waals surface area contributed by atoms with Crippen molar-refractivity contribution in [2.45, 2.75) is 122 Å². The first-order valence-electron chi connectivity index (χ1n) is 19.1. The van der Waals surface area contributed by atoms with Gasteiger partial charge in [-0.3, -0.25) is 9.59 Å². The summed E-state index contributed by atoms with van der Waals surface area (Å²) in [4.78, 5) is 39.2. The molecule has 2 bridgehead atoms. The second-order valence-electron chi connectivity index (χ2n) is 16.2. The Hall–Kier alpha value is -3.13. The number of hydrogen-bond acceptors (Lipinski definition) is 9. The van der Waals surface area contributed by atoms with Gasteiger partial charge in [0.25, 0.3) is 5.91 Å². The van der Waals surface area contributed by atoms with Crippen LogP contribution in [0, 0.1) is 29.6 Å². The average Bonchev–Trinajstić information content (AvgIpc) is 3.35. The third-order valence-electron chi connectivity index (χ3n) is 11.5. The molecule has 5 fully saturated rings. The molecule has 0 radical (unpaired) electrons. The van der Waals surface area contributed by atoms with Crippen LogP contribution in [0.1, 0.15) is 94.6 Å². The van der Waals surface area contributed by atoms with Crippen molar-refractivity contribution < 1.29 is 42.0 Å². The molecule has 2 N–H and O–H groups in total. The van der Waals surface area contributed by atoms with Gasteiger partial charge in [0.2, 0.25) is 11.7 Å². The maximum Gasteiger partial charge on any atom is 0.251 e. The van der Waals surface area contributed by atoms with E-state index in [0.717, 1.165) is 48.5 Å². The summed E-state index contributed by atoms with van der Waals surface area (Å²) >= 11 is 0. The first-order valence-corrected chi connectivity index (χ1v) is 21.1. The number of sulfone groups is 1. The second-order valence-corrected chi connectivity index (χ2v) is 18.2. The number of hydrogen-bond donors (Lipinski definition) is 2. The molecule has 12 heteroatoms. The van der Waals surface area contributed by atoms with Crippen molar-refractivity contribution in [3.8, 4) is 0 Å². The molecule has 10 atom stereocenters. The highest BCUT2D eigenvalue weighted by Gasteiger charge is 2.69. The molecule has 4 saturated heterocycles. The van der Waals surface area contributed by atoms with Gasteiger partial charge in [0.05, 0.1) is 6.61 Å². The van der Waals surface area contributed by atoms with Gasteiger partial charge in [-0.1, -0.05) is 76.2 Å². The topological polar surface area (TPSA) is 138 Å². The van der Waals surface area contributed by atoms with E-state index in [0.29, 0.717) is 30.7 Å². The molecular weight excluding hydrogens is 697 g/mol. The molecule has 0 aromatic heterocycles. The molecule has 1 spiro atoms. The number of benzene rings is 2. The van der Waals surface area contributed by atoms with Crippen molar-refractivity contribution in [3.63, 3.8) is 0 Å². The molecule has 1 aliphatic carbocycles. The monoisotopic (exact) mass is 752 g/mol. The number of amides is 2. The van der Waals surface area contributed by atoms with Crippen molar-refractivity contribution in [2.24, 2.45) is 29.6 Å². The highest BCUT2D eigenvalue weighted by Crippen LogP contribution is 2.60. The van der Waals surface area contributed by atoms with E-state index >= 15 is 0 Å². The van der Waals surface area contributed by atoms with Crippen LogP contribution in [0.5, 0.6) is 0 Å². The van der Waals surface area contributed by atoms with E-state index in [1.54, 1.807) is 12.1 Å². The van der Waals surface area contributed by atoms with E-state index in [-0.39, 0.29) is 42.1 Å². The standard InChI is InChI=1S/C41H56N2O9S/c1-26(2)24-35(37(45)42-32(21-23-53(6,46)47)18-15-29-10-8-7-9-11-29)43-36(44)31-16-13-30(14-17-31)25-48-38-28(4)34-19-12-27(3)33-20-22-40(5)50-39(49-38)41(33,34)52-51-40/h7-11,13-14,16-17,21,23,26-28,32-35,38-39H,12,15,18-20,22,24-25H2,1-6H3,(H,42,45)(H,43,44)/b23-21+/t27-,28-,32+,33+,34+,35+,38+,39-,40-,41-/m1/s1. The fraction of sp³-hybridized carbons (Fsp3) is 0.610. The van der Waals surface area contributed by atoms with Crippen molar-refractivity contribution in [1.29, 1.82) is 0 Å². The fourth-order valence-corrected chi connectivity index (χ4v) is 9.12. The largest absolute Gasteiger partial charge is 0.348 e. The third kappa shape index (κ3) is 9.23. The number of carbonyl (C=O) groups is 2. The Labute approximate surface area is 314 Å². The third-order valence-corrected chi connectivity index (χ3v) is 12.2. The molecule has 2 aromatic carbocycles. The summed E-state index contributed by atoms with van der Waals surface area (Å²) in [5, 5.41) is 7.00. The summed E-state index contributed by atoms with van der Waals surface area (Å²) in [6.07, 6.45) is 6.88. The van der Waals surface area contributed by atoms with Gasteiger partial charge in [-0.2, -0.15) is 0 Å². The molecule has 11 nitrogen and oxygen atoms in total. The summed E-state index contributed by atoms with van der Waals surface area (Å²) in [6, 6.07) is 15.6. The molecule has 0 unspecified atom stereocenters. The predicted molar refractivity (Wildman–Crippen MR) is 199 cm³/mol. The maximum absolute atomic E-state index is 13.6. The number of carbonyl (C=O) groups excluding carboxylic acids is 2. The molecule has 4 aliphatic heterocycles. The van der Waals surface area contributed by atoms with E-state index in [2.05, 4.69) is 24.5 Å². The Morgan fingerprint density at radius 1 is 0.962 bits per heavy atom. The van der Waals surface area contributed by atoms with Gasteiger partial charge in [0.1, 0.15) is 6.04 Å². The molecule has 7 rings (SSSR count). The first kappa shape index (κ1) is 39.6. The number of fused-ring (bicyclic) bond motifs is 2. The molecule has 2 amide bonds. The van der Waals surface area contributed by atoms with Crippen LogP contribution in [0.15, 0.2) is 66.1 Å². The number of aryl methyl sites for hydroxylation is 1. The van der Waals surface area contributed by atoms with E-state index in [1.165, 1.54) is 6.08 Å². The van der Waals surface area contributed by atoms with E-state index in [1.807, 2.05) is 63.2 Å². The maximum atomic E-state index is 13.6. The lowest BCUT2D eigenvalue weighted by atomic mass is 9.58. The normalized spacial score (nSPS) is 32.1.